The Morgan fingerprint density at radius 1 is 1.21 bits per heavy atom. The number of nitrogens with one attached hydrogen (secondary N) is 1. The fourth-order valence-corrected chi connectivity index (χ4v) is 2.51. The minimum Gasteiger partial charge on any atom is -0.481 e. The van der Waals surface area contributed by atoms with E-state index in [1.165, 1.54) is 0 Å². The van der Waals surface area contributed by atoms with E-state index >= 15 is 0 Å². The molecule has 1 saturated carbocycles. The molecule has 2 N–H and O–H groups in total. The van der Waals surface area contributed by atoms with Gasteiger partial charge in [-0.25, -0.2) is 0 Å². The van der Waals surface area contributed by atoms with Gasteiger partial charge in [-0.15, -0.1) is 0 Å². The number of carbonyl (C=O) groups is 3. The summed E-state index contributed by atoms with van der Waals surface area (Å²) in [6, 6.07) is 5.15. The molecule has 5 nitrogen and oxygen atoms in total. The lowest BCUT2D eigenvalue weighted by molar-refractivity contribution is -0.138. The number of Topliss-reactive ketones (excluding diaryl/α,β-unsaturated/α-hetero) is 1. The highest BCUT2D eigenvalue weighted by Crippen LogP contribution is 2.41. The fourth-order valence-electron chi connectivity index (χ4n) is 2.51. The number of carboxylic acid groups (broad SMARTS) is 1. The van der Waals surface area contributed by atoms with Crippen LogP contribution in [0.15, 0.2) is 18.2 Å². The van der Waals surface area contributed by atoms with Crippen LogP contribution >= 0.6 is 0 Å². The number of anilines is 1. The molecular weight excluding hydrogens is 246 g/mol. The van der Waals surface area contributed by atoms with Crippen molar-refractivity contribution < 1.29 is 19.5 Å². The third kappa shape index (κ3) is 2.12. The number of carbonyl (C=O) groups excluding carboxylic acids is 2. The summed E-state index contributed by atoms with van der Waals surface area (Å²) in [6.07, 6.45) is 1.48. The lowest BCUT2D eigenvalue weighted by Crippen LogP contribution is -2.19. The number of fused-ring (bicyclic) bond motifs is 1. The molecule has 0 aromatic heterocycles. The normalized spacial score (nSPS) is 24.3. The Balaban J connectivity index is 1.81. The second-order valence-corrected chi connectivity index (χ2v) is 5.07. The number of hydrogen-bond donors (Lipinski definition) is 2. The van der Waals surface area contributed by atoms with Gasteiger partial charge in [0.15, 0.2) is 5.78 Å². The number of carboxylic acids is 1. The SMILES string of the molecule is O=C1CCc2cc(C(=O)C3CC3C(=O)O)ccc2N1. The molecule has 2 aliphatic rings. The van der Waals surface area contributed by atoms with E-state index in [1.54, 1.807) is 18.2 Å². The number of ketones is 1. The molecule has 1 aromatic rings. The van der Waals surface area contributed by atoms with Crippen LogP contribution < -0.4 is 5.32 Å². The Morgan fingerprint density at radius 3 is 2.68 bits per heavy atom. The molecular formula is C14H13NO4. The Labute approximate surface area is 109 Å². The predicted octanol–water partition coefficient (Wildman–Crippen LogP) is 1.47. The first-order chi connectivity index (χ1) is 9.06. The van der Waals surface area contributed by atoms with E-state index in [9.17, 15) is 14.4 Å². The third-order valence-corrected chi connectivity index (χ3v) is 3.73. The van der Waals surface area contributed by atoms with Gasteiger partial charge < -0.3 is 10.4 Å². The van der Waals surface area contributed by atoms with Gasteiger partial charge in [0, 0.05) is 23.6 Å². The van der Waals surface area contributed by atoms with Crippen LogP contribution in [0.4, 0.5) is 5.69 Å². The molecule has 0 saturated heterocycles. The molecule has 1 fully saturated rings. The van der Waals surface area contributed by atoms with E-state index in [-0.39, 0.29) is 17.6 Å². The zero-order chi connectivity index (χ0) is 13.6. The van der Waals surface area contributed by atoms with Gasteiger partial charge in [0.1, 0.15) is 0 Å². The van der Waals surface area contributed by atoms with Gasteiger partial charge >= 0.3 is 5.97 Å². The summed E-state index contributed by atoms with van der Waals surface area (Å²) < 4.78 is 0. The largest absolute Gasteiger partial charge is 0.481 e. The van der Waals surface area contributed by atoms with Crippen LogP contribution in [0.25, 0.3) is 0 Å². The van der Waals surface area contributed by atoms with Crippen LogP contribution in [0, 0.1) is 11.8 Å². The molecule has 0 radical (unpaired) electrons. The van der Waals surface area contributed by atoms with Crippen molar-refractivity contribution in [2.24, 2.45) is 11.8 Å². The highest BCUT2D eigenvalue weighted by Gasteiger charge is 2.48. The second-order valence-electron chi connectivity index (χ2n) is 5.07. The zero-order valence-electron chi connectivity index (χ0n) is 10.2. The highest BCUT2D eigenvalue weighted by molar-refractivity contribution is 6.03. The standard InChI is InChI=1S/C14H13NO4/c16-12-4-2-7-5-8(1-3-11(7)15-12)13(17)9-6-10(9)14(18)19/h1,3,5,9-10H,2,4,6H2,(H,15,16)(H,18,19). The van der Waals surface area contributed by atoms with Gasteiger partial charge in [-0.1, -0.05) is 0 Å². The van der Waals surface area contributed by atoms with Crippen LogP contribution in [-0.2, 0) is 16.0 Å². The van der Waals surface area contributed by atoms with Crippen molar-refractivity contribution in [2.75, 3.05) is 5.32 Å². The highest BCUT2D eigenvalue weighted by atomic mass is 16.4. The molecule has 1 heterocycles. The van der Waals surface area contributed by atoms with Crippen molar-refractivity contribution >= 4 is 23.3 Å². The molecule has 98 valence electrons. The summed E-state index contributed by atoms with van der Waals surface area (Å²) >= 11 is 0. The molecule has 1 aromatic carbocycles. The Hall–Kier alpha value is -2.17. The van der Waals surface area contributed by atoms with Gasteiger partial charge in [0.05, 0.1) is 5.92 Å². The molecule has 2 atom stereocenters. The van der Waals surface area contributed by atoms with Gasteiger partial charge in [-0.2, -0.15) is 0 Å². The monoisotopic (exact) mass is 259 g/mol. The van der Waals surface area contributed by atoms with Crippen LogP contribution in [0.3, 0.4) is 0 Å². The van der Waals surface area contributed by atoms with Crippen LogP contribution in [0.1, 0.15) is 28.8 Å². The van der Waals surface area contributed by atoms with Crippen molar-refractivity contribution in [3.63, 3.8) is 0 Å². The molecule has 1 amide bonds. The quantitative estimate of drug-likeness (QED) is 0.805. The van der Waals surface area contributed by atoms with Crippen molar-refractivity contribution in [2.45, 2.75) is 19.3 Å². The van der Waals surface area contributed by atoms with E-state index in [2.05, 4.69) is 5.32 Å². The molecule has 0 bridgehead atoms. The van der Waals surface area contributed by atoms with Crippen molar-refractivity contribution in [3.05, 3.63) is 29.3 Å². The predicted molar refractivity (Wildman–Crippen MR) is 67.0 cm³/mol. The van der Waals surface area contributed by atoms with Crippen LogP contribution in [0.2, 0.25) is 0 Å². The summed E-state index contributed by atoms with van der Waals surface area (Å²) in [5.74, 6) is -1.92. The summed E-state index contributed by atoms with van der Waals surface area (Å²) in [5, 5.41) is 11.6. The maximum absolute atomic E-state index is 12.1. The van der Waals surface area contributed by atoms with Gasteiger partial charge in [0.2, 0.25) is 5.91 Å². The molecule has 3 rings (SSSR count). The Morgan fingerprint density at radius 2 is 2.00 bits per heavy atom. The van der Waals surface area contributed by atoms with E-state index in [0.717, 1.165) is 11.3 Å². The molecule has 2 unspecified atom stereocenters. The summed E-state index contributed by atoms with van der Waals surface area (Å²) in [5.41, 5.74) is 2.24. The average Bonchev–Trinajstić information content (AvgIpc) is 3.17. The number of hydrogen-bond acceptors (Lipinski definition) is 3. The number of amides is 1. The average molecular weight is 259 g/mol. The van der Waals surface area contributed by atoms with Gasteiger partial charge in [-0.3, -0.25) is 14.4 Å². The van der Waals surface area contributed by atoms with Gasteiger partial charge in [0.25, 0.3) is 0 Å². The minimum absolute atomic E-state index is 0.0142. The van der Waals surface area contributed by atoms with E-state index in [4.69, 9.17) is 5.11 Å². The molecule has 1 aliphatic heterocycles. The summed E-state index contributed by atoms with van der Waals surface area (Å²) in [4.78, 5) is 34.1. The van der Waals surface area contributed by atoms with Gasteiger partial charge in [-0.05, 0) is 36.6 Å². The van der Waals surface area contributed by atoms with E-state index in [1.807, 2.05) is 0 Å². The van der Waals surface area contributed by atoms with Crippen molar-refractivity contribution in [1.82, 2.24) is 0 Å². The molecule has 1 aliphatic carbocycles. The number of aliphatic carboxylic acids is 1. The summed E-state index contributed by atoms with van der Waals surface area (Å²) in [7, 11) is 0. The molecule has 0 spiro atoms. The Bertz CT molecular complexity index is 593. The maximum atomic E-state index is 12.1. The van der Waals surface area contributed by atoms with Crippen molar-refractivity contribution in [3.8, 4) is 0 Å². The van der Waals surface area contributed by atoms with E-state index in [0.29, 0.717) is 24.8 Å². The van der Waals surface area contributed by atoms with Crippen molar-refractivity contribution in [1.29, 1.82) is 0 Å². The van der Waals surface area contributed by atoms with E-state index < -0.39 is 11.9 Å². The fraction of sp³-hybridized carbons (Fsp3) is 0.357. The van der Waals surface area contributed by atoms with Crippen LogP contribution in [0.5, 0.6) is 0 Å². The number of aryl methyl sites for hydroxylation is 1. The first-order valence-corrected chi connectivity index (χ1v) is 6.26. The Kier molecular flexibility index (Phi) is 2.62. The number of benzene rings is 1. The second kappa shape index (κ2) is 4.19. The number of rotatable bonds is 3. The first-order valence-electron chi connectivity index (χ1n) is 6.26. The molecule has 5 heteroatoms. The maximum Gasteiger partial charge on any atom is 0.307 e. The zero-order valence-corrected chi connectivity index (χ0v) is 10.2. The van der Waals surface area contributed by atoms with Crippen LogP contribution in [-0.4, -0.2) is 22.8 Å². The topological polar surface area (TPSA) is 83.5 Å². The summed E-state index contributed by atoms with van der Waals surface area (Å²) in [6.45, 7) is 0. The smallest absolute Gasteiger partial charge is 0.307 e. The lowest BCUT2D eigenvalue weighted by Gasteiger charge is -2.17. The first kappa shape index (κ1) is 11.9. The third-order valence-electron chi connectivity index (χ3n) is 3.73. The minimum atomic E-state index is -0.899. The molecule has 19 heavy (non-hydrogen) atoms. The lowest BCUT2D eigenvalue weighted by atomic mass is 9.97.